The lowest BCUT2D eigenvalue weighted by Crippen LogP contribution is -2.55. The summed E-state index contributed by atoms with van der Waals surface area (Å²) in [6.45, 7) is 12.3. The molecule has 2 fully saturated rings. The number of rotatable bonds is 3. The van der Waals surface area contributed by atoms with Gasteiger partial charge in [-0.15, -0.1) is 0 Å². The largest absolute Gasteiger partial charge is 0.355 e. The van der Waals surface area contributed by atoms with E-state index in [2.05, 4.69) is 68.6 Å². The van der Waals surface area contributed by atoms with Gasteiger partial charge in [0.05, 0.1) is 0 Å². The number of fused-ring (bicyclic) bond motifs is 3. The third-order valence-electron chi connectivity index (χ3n) is 7.44. The lowest BCUT2D eigenvalue weighted by atomic mass is 9.46. The predicted octanol–water partition coefficient (Wildman–Crippen LogP) is 5.90. The van der Waals surface area contributed by atoms with Gasteiger partial charge in [-0.25, -0.2) is 0 Å². The summed E-state index contributed by atoms with van der Waals surface area (Å²) in [5.41, 5.74) is 1.75. The molecule has 0 spiro atoms. The van der Waals surface area contributed by atoms with E-state index in [0.29, 0.717) is 21.2 Å². The second-order valence-corrected chi connectivity index (χ2v) is 12.7. The van der Waals surface area contributed by atoms with E-state index < -0.39 is 0 Å². The van der Waals surface area contributed by atoms with Crippen molar-refractivity contribution in [3.63, 3.8) is 0 Å². The molecule has 142 valence electrons. The summed E-state index contributed by atoms with van der Waals surface area (Å²) in [5, 5.41) is 3.27. The Kier molecular flexibility index (Phi) is 5.38. The molecule has 3 aliphatic carbocycles. The lowest BCUT2D eigenvalue weighted by Gasteiger charge is -2.58. The van der Waals surface area contributed by atoms with Gasteiger partial charge in [-0.3, -0.25) is 4.79 Å². The summed E-state index contributed by atoms with van der Waals surface area (Å²) >= 11 is 2.66. The first-order chi connectivity index (χ1) is 11.6. The maximum absolute atomic E-state index is 13.2. The Bertz CT molecular complexity index is 566. The second-order valence-electron chi connectivity index (χ2n) is 10.1. The van der Waals surface area contributed by atoms with E-state index in [9.17, 15) is 4.79 Å². The molecule has 25 heavy (non-hydrogen) atoms. The standard InChI is InChI=1S/C22H36INO/c1-15(2)14-24-19(25)22(5)11-6-10-21(4)17-9-12-20(3,23)13-16(17)7-8-18(21)22/h9,15-16,18H,6-8,10-14H2,1-5H3,(H,24,25)/t16?,18?,20-,21-,22+/m0/s1. The van der Waals surface area contributed by atoms with Crippen molar-refractivity contribution < 1.29 is 4.79 Å². The molecule has 0 aromatic heterocycles. The fourth-order valence-electron chi connectivity index (χ4n) is 6.15. The number of halogens is 1. The Morgan fingerprint density at radius 1 is 1.28 bits per heavy atom. The summed E-state index contributed by atoms with van der Waals surface area (Å²) in [4.78, 5) is 13.2. The van der Waals surface area contributed by atoms with Crippen molar-refractivity contribution in [2.24, 2.45) is 28.6 Å². The van der Waals surface area contributed by atoms with Crippen LogP contribution in [0, 0.1) is 28.6 Å². The summed E-state index contributed by atoms with van der Waals surface area (Å²) < 4.78 is 0.418. The van der Waals surface area contributed by atoms with Crippen molar-refractivity contribution >= 4 is 28.5 Å². The van der Waals surface area contributed by atoms with Gasteiger partial charge in [-0.1, -0.05) is 75.3 Å². The van der Waals surface area contributed by atoms with Gasteiger partial charge in [0.1, 0.15) is 0 Å². The smallest absolute Gasteiger partial charge is 0.226 e. The molecule has 2 unspecified atom stereocenters. The predicted molar refractivity (Wildman–Crippen MR) is 114 cm³/mol. The normalized spacial score (nSPS) is 43.9. The Morgan fingerprint density at radius 2 is 2.00 bits per heavy atom. The zero-order chi connectivity index (χ0) is 18.5. The first-order valence-corrected chi connectivity index (χ1v) is 11.3. The molecule has 1 amide bonds. The molecular weight excluding hydrogens is 421 g/mol. The Labute approximate surface area is 168 Å². The average Bonchev–Trinajstić information content (AvgIpc) is 2.50. The van der Waals surface area contributed by atoms with E-state index in [4.69, 9.17) is 0 Å². The van der Waals surface area contributed by atoms with Crippen molar-refractivity contribution in [3.8, 4) is 0 Å². The molecule has 0 saturated heterocycles. The summed E-state index contributed by atoms with van der Waals surface area (Å²) in [7, 11) is 0. The number of alkyl halides is 1. The van der Waals surface area contributed by atoms with Gasteiger partial charge in [0.25, 0.3) is 0 Å². The number of nitrogens with one attached hydrogen (secondary N) is 1. The number of hydrogen-bond donors (Lipinski definition) is 1. The van der Waals surface area contributed by atoms with Crippen molar-refractivity contribution in [1.82, 2.24) is 5.32 Å². The fraction of sp³-hybridized carbons (Fsp3) is 0.864. The van der Waals surface area contributed by atoms with E-state index in [1.807, 2.05) is 0 Å². The molecule has 3 heteroatoms. The first kappa shape index (κ1) is 19.7. The molecule has 0 aliphatic heterocycles. The van der Waals surface area contributed by atoms with Gasteiger partial charge < -0.3 is 5.32 Å². The second kappa shape index (κ2) is 6.83. The van der Waals surface area contributed by atoms with Crippen molar-refractivity contribution in [2.75, 3.05) is 6.54 Å². The highest BCUT2D eigenvalue weighted by atomic mass is 127. The summed E-state index contributed by atoms with van der Waals surface area (Å²) in [5.74, 6) is 2.08. The summed E-state index contributed by atoms with van der Waals surface area (Å²) in [6, 6.07) is 0. The molecule has 1 N–H and O–H groups in total. The van der Waals surface area contributed by atoms with Crippen molar-refractivity contribution in [2.45, 2.75) is 83.0 Å². The molecule has 2 saturated carbocycles. The van der Waals surface area contributed by atoms with Crippen LogP contribution in [0.5, 0.6) is 0 Å². The van der Waals surface area contributed by atoms with Crippen LogP contribution in [-0.2, 0) is 4.79 Å². The number of carbonyl (C=O) groups is 1. The van der Waals surface area contributed by atoms with Gasteiger partial charge in [0, 0.05) is 15.4 Å². The van der Waals surface area contributed by atoms with E-state index >= 15 is 0 Å². The highest BCUT2D eigenvalue weighted by molar-refractivity contribution is 14.1. The number of amides is 1. The summed E-state index contributed by atoms with van der Waals surface area (Å²) in [6.07, 6.45) is 11.1. The van der Waals surface area contributed by atoms with Crippen LogP contribution in [0.15, 0.2) is 11.6 Å². The third-order valence-corrected chi connectivity index (χ3v) is 8.32. The number of carbonyl (C=O) groups excluding carboxylic acids is 1. The quantitative estimate of drug-likeness (QED) is 0.319. The van der Waals surface area contributed by atoms with Crippen LogP contribution >= 0.6 is 22.6 Å². The molecule has 0 aromatic rings. The average molecular weight is 457 g/mol. The maximum atomic E-state index is 13.2. The van der Waals surface area contributed by atoms with Gasteiger partial charge >= 0.3 is 0 Å². The highest BCUT2D eigenvalue weighted by Gasteiger charge is 2.57. The molecule has 5 atom stereocenters. The molecule has 3 aliphatic rings. The SMILES string of the molecule is CC(C)CNC(=O)[C@]1(C)CCC[C@@]2(C)C3=CC[C@](C)(I)CC3CCC12. The molecule has 3 rings (SSSR count). The minimum Gasteiger partial charge on any atom is -0.355 e. The van der Waals surface area contributed by atoms with Gasteiger partial charge in [-0.2, -0.15) is 0 Å². The Morgan fingerprint density at radius 3 is 2.68 bits per heavy atom. The third kappa shape index (κ3) is 3.55. The molecule has 2 nitrogen and oxygen atoms in total. The Balaban J connectivity index is 1.88. The minimum absolute atomic E-state index is 0.196. The van der Waals surface area contributed by atoms with Gasteiger partial charge in [-0.05, 0) is 61.7 Å². The van der Waals surface area contributed by atoms with E-state index in [1.54, 1.807) is 5.57 Å². The van der Waals surface area contributed by atoms with Crippen molar-refractivity contribution in [3.05, 3.63) is 11.6 Å². The number of allylic oxidation sites excluding steroid dienone is 2. The highest BCUT2D eigenvalue weighted by Crippen LogP contribution is 2.63. The molecule has 0 aromatic carbocycles. The van der Waals surface area contributed by atoms with E-state index in [1.165, 1.54) is 38.5 Å². The molecule has 0 radical (unpaired) electrons. The van der Waals surface area contributed by atoms with Crippen LogP contribution < -0.4 is 5.32 Å². The maximum Gasteiger partial charge on any atom is 0.226 e. The fourth-order valence-corrected chi connectivity index (χ4v) is 6.90. The van der Waals surface area contributed by atoms with Crippen LogP contribution in [0.25, 0.3) is 0 Å². The molecule has 0 heterocycles. The Hall–Kier alpha value is -0.0600. The van der Waals surface area contributed by atoms with Gasteiger partial charge in [0.15, 0.2) is 0 Å². The van der Waals surface area contributed by atoms with Crippen LogP contribution in [-0.4, -0.2) is 15.9 Å². The lowest BCUT2D eigenvalue weighted by molar-refractivity contribution is -0.142. The van der Waals surface area contributed by atoms with Crippen LogP contribution in [0.1, 0.15) is 79.6 Å². The topological polar surface area (TPSA) is 29.1 Å². The first-order valence-electron chi connectivity index (χ1n) is 10.3. The van der Waals surface area contributed by atoms with Crippen molar-refractivity contribution in [1.29, 1.82) is 0 Å². The monoisotopic (exact) mass is 457 g/mol. The molecule has 0 bridgehead atoms. The van der Waals surface area contributed by atoms with Crippen LogP contribution in [0.3, 0.4) is 0 Å². The van der Waals surface area contributed by atoms with Gasteiger partial charge in [0.2, 0.25) is 5.91 Å². The van der Waals surface area contributed by atoms with E-state index in [0.717, 1.165) is 18.9 Å². The van der Waals surface area contributed by atoms with E-state index in [-0.39, 0.29) is 10.8 Å². The molecular formula is C22H36INO. The zero-order valence-corrected chi connectivity index (χ0v) is 18.9. The van der Waals surface area contributed by atoms with Crippen LogP contribution in [0.4, 0.5) is 0 Å². The van der Waals surface area contributed by atoms with Crippen LogP contribution in [0.2, 0.25) is 0 Å². The number of hydrogen-bond acceptors (Lipinski definition) is 1. The zero-order valence-electron chi connectivity index (χ0n) is 16.8. The minimum atomic E-state index is -0.196.